The predicted molar refractivity (Wildman–Crippen MR) is 116 cm³/mol. The van der Waals surface area contributed by atoms with Crippen LogP contribution in [0.5, 0.6) is 0 Å². The molecule has 0 amide bonds. The van der Waals surface area contributed by atoms with E-state index < -0.39 is 0 Å². The highest BCUT2D eigenvalue weighted by atomic mass is 16.1. The van der Waals surface area contributed by atoms with Crippen molar-refractivity contribution in [2.45, 2.75) is 92.4 Å². The SMILES string of the molecule is CC(=O)[C@]12CC(C)=C(C)C[C@H]1C[C@@H]1[C@H]3CCC4=CC(=O)CC[C@]4(C)[C@@H]3CC[C@@]12C. The van der Waals surface area contributed by atoms with Crippen molar-refractivity contribution >= 4 is 11.6 Å². The van der Waals surface area contributed by atoms with Gasteiger partial charge in [-0.1, -0.05) is 30.6 Å². The Hall–Kier alpha value is -1.18. The lowest BCUT2D eigenvalue weighted by atomic mass is 9.43. The summed E-state index contributed by atoms with van der Waals surface area (Å²) >= 11 is 0. The van der Waals surface area contributed by atoms with Crippen LogP contribution in [0.4, 0.5) is 0 Å². The standard InChI is InChI=1S/C27H38O2/c1-16-12-20-14-24-22-7-6-19-13-21(29)8-10-25(19,4)23(22)9-11-26(24,5)27(20,18(3)28)15-17(16)2/h13,20,22-24H,6-12,14-15H2,1-5H3/t20-,22-,23+,24+,25-,26-,27+/m0/s1. The molecule has 0 heterocycles. The monoisotopic (exact) mass is 394 g/mol. The Morgan fingerprint density at radius 1 is 1.03 bits per heavy atom. The maximum absolute atomic E-state index is 13.3. The van der Waals surface area contributed by atoms with E-state index in [9.17, 15) is 9.59 Å². The van der Waals surface area contributed by atoms with Crippen LogP contribution in [0, 0.1) is 39.9 Å². The van der Waals surface area contributed by atoms with Crippen LogP contribution >= 0.6 is 0 Å². The Morgan fingerprint density at radius 3 is 2.52 bits per heavy atom. The third-order valence-electron chi connectivity index (χ3n) is 11.1. The molecule has 2 nitrogen and oxygen atoms in total. The summed E-state index contributed by atoms with van der Waals surface area (Å²) in [6, 6.07) is 0. The van der Waals surface area contributed by atoms with Gasteiger partial charge >= 0.3 is 0 Å². The summed E-state index contributed by atoms with van der Waals surface area (Å²) in [7, 11) is 0. The number of carbonyl (C=O) groups excluding carboxylic acids is 2. The average molecular weight is 395 g/mol. The number of ketones is 2. The van der Waals surface area contributed by atoms with Crippen molar-refractivity contribution in [3.8, 4) is 0 Å². The lowest BCUT2D eigenvalue weighted by molar-refractivity contribution is -0.145. The van der Waals surface area contributed by atoms with Gasteiger partial charge in [-0.15, -0.1) is 0 Å². The fourth-order valence-corrected chi connectivity index (χ4v) is 9.37. The number of hydrogen-bond donors (Lipinski definition) is 0. The summed E-state index contributed by atoms with van der Waals surface area (Å²) in [5, 5.41) is 0. The van der Waals surface area contributed by atoms with E-state index in [1.165, 1.54) is 42.4 Å². The molecule has 0 N–H and O–H groups in total. The minimum atomic E-state index is -0.133. The molecule has 2 heteroatoms. The summed E-state index contributed by atoms with van der Waals surface area (Å²) in [6.45, 7) is 11.4. The summed E-state index contributed by atoms with van der Waals surface area (Å²) in [4.78, 5) is 25.4. The lowest BCUT2D eigenvalue weighted by Gasteiger charge is -2.60. The minimum absolute atomic E-state index is 0.133. The molecule has 0 unspecified atom stereocenters. The molecule has 0 radical (unpaired) electrons. The highest BCUT2D eigenvalue weighted by Crippen LogP contribution is 2.74. The molecule has 0 aromatic rings. The quantitative estimate of drug-likeness (QED) is 0.479. The molecule has 0 aromatic carbocycles. The van der Waals surface area contributed by atoms with E-state index in [2.05, 4.69) is 27.7 Å². The number of hydrogen-bond acceptors (Lipinski definition) is 2. The first-order valence-corrected chi connectivity index (χ1v) is 12.0. The largest absolute Gasteiger partial charge is 0.299 e. The van der Waals surface area contributed by atoms with Crippen molar-refractivity contribution in [3.63, 3.8) is 0 Å². The number of rotatable bonds is 1. The van der Waals surface area contributed by atoms with E-state index in [4.69, 9.17) is 0 Å². The second-order valence-corrected chi connectivity index (χ2v) is 11.8. The molecule has 5 aliphatic carbocycles. The number of fused-ring (bicyclic) bond motifs is 7. The molecule has 5 rings (SSSR count). The molecule has 5 aliphatic rings. The van der Waals surface area contributed by atoms with E-state index in [0.29, 0.717) is 29.3 Å². The first kappa shape index (κ1) is 19.8. The van der Waals surface area contributed by atoms with Crippen molar-refractivity contribution in [3.05, 3.63) is 22.8 Å². The third kappa shape index (κ3) is 2.35. The van der Waals surface area contributed by atoms with Gasteiger partial charge in [-0.05, 0) is 113 Å². The van der Waals surface area contributed by atoms with Crippen LogP contribution in [0.25, 0.3) is 0 Å². The van der Waals surface area contributed by atoms with Gasteiger partial charge in [0, 0.05) is 11.8 Å². The molecule has 0 saturated heterocycles. The van der Waals surface area contributed by atoms with E-state index in [1.807, 2.05) is 13.0 Å². The molecule has 0 aromatic heterocycles. The molecule has 3 saturated carbocycles. The number of Topliss-reactive ketones (excluding diaryl/α,β-unsaturated/α-hetero) is 1. The van der Waals surface area contributed by atoms with E-state index in [1.54, 1.807) is 0 Å². The van der Waals surface area contributed by atoms with Gasteiger partial charge in [-0.2, -0.15) is 0 Å². The Balaban J connectivity index is 1.56. The second-order valence-electron chi connectivity index (χ2n) is 11.8. The van der Waals surface area contributed by atoms with Gasteiger partial charge in [0.05, 0.1) is 0 Å². The predicted octanol–water partition coefficient (Wildman–Crippen LogP) is 6.45. The molecule has 7 atom stereocenters. The van der Waals surface area contributed by atoms with Crippen molar-refractivity contribution in [2.75, 3.05) is 0 Å². The van der Waals surface area contributed by atoms with Gasteiger partial charge in [0.15, 0.2) is 5.78 Å². The number of allylic oxidation sites excluding steroid dienone is 3. The first-order valence-electron chi connectivity index (χ1n) is 12.0. The molecule has 158 valence electrons. The van der Waals surface area contributed by atoms with Crippen LogP contribution in [0.1, 0.15) is 92.4 Å². The second kappa shape index (κ2) is 6.17. The van der Waals surface area contributed by atoms with Crippen LogP contribution in [0.15, 0.2) is 22.8 Å². The molecular formula is C27H38O2. The van der Waals surface area contributed by atoms with Gasteiger partial charge in [-0.25, -0.2) is 0 Å². The van der Waals surface area contributed by atoms with Crippen molar-refractivity contribution in [1.82, 2.24) is 0 Å². The molecular weight excluding hydrogens is 356 g/mol. The van der Waals surface area contributed by atoms with Crippen molar-refractivity contribution < 1.29 is 9.59 Å². The van der Waals surface area contributed by atoms with Crippen molar-refractivity contribution in [1.29, 1.82) is 0 Å². The van der Waals surface area contributed by atoms with Gasteiger partial charge in [0.2, 0.25) is 0 Å². The maximum atomic E-state index is 13.3. The zero-order chi connectivity index (χ0) is 20.8. The van der Waals surface area contributed by atoms with Gasteiger partial charge in [0.25, 0.3) is 0 Å². The van der Waals surface area contributed by atoms with Gasteiger partial charge in [0.1, 0.15) is 5.78 Å². The summed E-state index contributed by atoms with van der Waals surface area (Å²) in [5.41, 5.74) is 4.70. The topological polar surface area (TPSA) is 34.1 Å². The van der Waals surface area contributed by atoms with E-state index >= 15 is 0 Å². The average Bonchev–Trinajstić information content (AvgIpc) is 2.92. The fraction of sp³-hybridized carbons (Fsp3) is 0.778. The summed E-state index contributed by atoms with van der Waals surface area (Å²) in [6.07, 6.45) is 11.9. The molecule has 29 heavy (non-hydrogen) atoms. The van der Waals surface area contributed by atoms with Crippen molar-refractivity contribution in [2.24, 2.45) is 39.9 Å². The Kier molecular flexibility index (Phi) is 4.21. The van der Waals surface area contributed by atoms with Crippen LogP contribution in [0.2, 0.25) is 0 Å². The van der Waals surface area contributed by atoms with Crippen LogP contribution in [0.3, 0.4) is 0 Å². The third-order valence-corrected chi connectivity index (χ3v) is 11.1. The zero-order valence-electron chi connectivity index (χ0n) is 19.1. The van der Waals surface area contributed by atoms with Crippen LogP contribution in [-0.4, -0.2) is 11.6 Å². The first-order chi connectivity index (χ1) is 13.6. The zero-order valence-corrected chi connectivity index (χ0v) is 19.1. The Bertz CT molecular complexity index is 847. The van der Waals surface area contributed by atoms with Gasteiger partial charge < -0.3 is 0 Å². The number of carbonyl (C=O) groups is 2. The smallest absolute Gasteiger partial charge is 0.155 e. The Labute approximate surface area is 176 Å². The Morgan fingerprint density at radius 2 is 1.79 bits per heavy atom. The highest BCUT2D eigenvalue weighted by molar-refractivity contribution is 5.91. The summed E-state index contributed by atoms with van der Waals surface area (Å²) in [5.74, 6) is 3.44. The molecule has 0 aliphatic heterocycles. The van der Waals surface area contributed by atoms with Crippen LogP contribution in [-0.2, 0) is 9.59 Å². The highest BCUT2D eigenvalue weighted by Gasteiger charge is 2.69. The minimum Gasteiger partial charge on any atom is -0.299 e. The maximum Gasteiger partial charge on any atom is 0.155 e. The normalized spacial score (nSPS) is 49.0. The molecule has 3 fully saturated rings. The molecule has 0 bridgehead atoms. The van der Waals surface area contributed by atoms with Crippen LogP contribution < -0.4 is 0 Å². The van der Waals surface area contributed by atoms with E-state index in [-0.39, 0.29) is 16.2 Å². The summed E-state index contributed by atoms with van der Waals surface area (Å²) < 4.78 is 0. The van der Waals surface area contributed by atoms with Gasteiger partial charge in [-0.3, -0.25) is 9.59 Å². The lowest BCUT2D eigenvalue weighted by Crippen LogP contribution is -2.55. The fourth-order valence-electron chi connectivity index (χ4n) is 9.37. The van der Waals surface area contributed by atoms with E-state index in [0.717, 1.165) is 38.0 Å². The molecule has 0 spiro atoms.